The Morgan fingerprint density at radius 2 is 1.93 bits per heavy atom. The van der Waals surface area contributed by atoms with Crippen LogP contribution >= 0.6 is 0 Å². The van der Waals surface area contributed by atoms with Gasteiger partial charge in [0.2, 0.25) is 0 Å². The molecule has 0 bridgehead atoms. The molecule has 2 rings (SSSR count). The van der Waals surface area contributed by atoms with Gasteiger partial charge in [-0.1, -0.05) is 36.4 Å². The predicted octanol–water partition coefficient (Wildman–Crippen LogP) is 3.36. The van der Waals surface area contributed by atoms with Gasteiger partial charge in [-0.05, 0) is 42.2 Å². The third-order valence-electron chi connectivity index (χ3n) is 2.67. The Bertz CT molecular complexity index is 472. The van der Waals surface area contributed by atoms with Gasteiger partial charge in [0.15, 0.2) is 0 Å². The molecule has 1 atom stereocenters. The lowest BCUT2D eigenvalue weighted by atomic mass is 9.99. The first kappa shape index (κ1) is 10.2. The molecule has 0 saturated carbocycles. The highest BCUT2D eigenvalue weighted by molar-refractivity contribution is 5.86. The summed E-state index contributed by atoms with van der Waals surface area (Å²) in [7, 11) is 0. The van der Waals surface area contributed by atoms with E-state index < -0.39 is 0 Å². The molecule has 1 heteroatoms. The summed E-state index contributed by atoms with van der Waals surface area (Å²) in [5.41, 5.74) is 10.2. The van der Waals surface area contributed by atoms with E-state index >= 15 is 0 Å². The molecule has 2 aromatic rings. The van der Waals surface area contributed by atoms with Crippen molar-refractivity contribution in [3.8, 4) is 0 Å². The van der Waals surface area contributed by atoms with Gasteiger partial charge in [-0.3, -0.25) is 5.73 Å². The molecule has 0 fully saturated rings. The fraction of sp³-hybridized carbons (Fsp3) is 0.286. The van der Waals surface area contributed by atoms with Crippen LogP contribution in [0.25, 0.3) is 10.8 Å². The maximum atomic E-state index is 7.59. The highest BCUT2D eigenvalue weighted by Gasteiger charge is 2.02. The van der Waals surface area contributed by atoms with E-state index in [1.165, 1.54) is 21.9 Å². The van der Waals surface area contributed by atoms with Crippen molar-refractivity contribution in [3.05, 3.63) is 47.5 Å². The molecule has 0 aliphatic heterocycles. The highest BCUT2D eigenvalue weighted by atomic mass is 14.6. The molecule has 0 aliphatic rings. The normalized spacial score (nSPS) is 13.0. The number of fused-ring (bicyclic) bond motifs is 1. The number of hydrogen-bond acceptors (Lipinski definition) is 0. The summed E-state index contributed by atoms with van der Waals surface area (Å²) in [6, 6.07) is 12.8. The van der Waals surface area contributed by atoms with Crippen molar-refractivity contribution in [2.24, 2.45) is 0 Å². The molecular formula is C14H16N. The molecule has 0 aromatic heterocycles. The van der Waals surface area contributed by atoms with Crippen LogP contribution < -0.4 is 5.73 Å². The van der Waals surface area contributed by atoms with Crippen LogP contribution in [-0.2, 0) is 6.42 Å². The summed E-state index contributed by atoms with van der Waals surface area (Å²) in [5, 5.41) is 2.60. The molecule has 15 heavy (non-hydrogen) atoms. The molecule has 1 unspecified atom stereocenters. The lowest BCUT2D eigenvalue weighted by Crippen LogP contribution is -2.06. The van der Waals surface area contributed by atoms with Crippen molar-refractivity contribution in [2.75, 3.05) is 0 Å². The first-order valence-corrected chi connectivity index (χ1v) is 5.36. The van der Waals surface area contributed by atoms with Gasteiger partial charge in [0, 0.05) is 6.04 Å². The second-order valence-electron chi connectivity index (χ2n) is 4.24. The molecule has 0 amide bonds. The van der Waals surface area contributed by atoms with Gasteiger partial charge in [0.05, 0.1) is 0 Å². The molecule has 1 N–H and O–H groups in total. The van der Waals surface area contributed by atoms with E-state index in [2.05, 4.69) is 43.3 Å². The van der Waals surface area contributed by atoms with Crippen LogP contribution in [0, 0.1) is 6.92 Å². The van der Waals surface area contributed by atoms with Gasteiger partial charge in [0.1, 0.15) is 0 Å². The van der Waals surface area contributed by atoms with Crippen molar-refractivity contribution in [2.45, 2.75) is 26.3 Å². The van der Waals surface area contributed by atoms with Crippen molar-refractivity contribution >= 4 is 10.8 Å². The van der Waals surface area contributed by atoms with Crippen molar-refractivity contribution in [1.82, 2.24) is 5.73 Å². The number of aryl methyl sites for hydroxylation is 1. The summed E-state index contributed by atoms with van der Waals surface area (Å²) in [4.78, 5) is 0. The number of nitrogens with one attached hydrogen (secondary N) is 1. The largest absolute Gasteiger partial charge is 0.254 e. The quantitative estimate of drug-likeness (QED) is 0.706. The zero-order valence-electron chi connectivity index (χ0n) is 9.25. The minimum atomic E-state index is -0.0226. The third kappa shape index (κ3) is 2.18. The van der Waals surface area contributed by atoms with E-state index in [4.69, 9.17) is 5.73 Å². The monoisotopic (exact) mass is 198 g/mol. The van der Waals surface area contributed by atoms with E-state index in [0.29, 0.717) is 0 Å². The average Bonchev–Trinajstić information content (AvgIpc) is 2.16. The molecular weight excluding hydrogens is 182 g/mol. The van der Waals surface area contributed by atoms with Crippen LogP contribution in [0.5, 0.6) is 0 Å². The molecule has 1 nitrogen and oxygen atoms in total. The van der Waals surface area contributed by atoms with Crippen LogP contribution in [0.2, 0.25) is 0 Å². The third-order valence-corrected chi connectivity index (χ3v) is 2.67. The van der Waals surface area contributed by atoms with Crippen LogP contribution in [0.1, 0.15) is 18.1 Å². The second kappa shape index (κ2) is 4.03. The summed E-state index contributed by atoms with van der Waals surface area (Å²) < 4.78 is 0. The summed E-state index contributed by atoms with van der Waals surface area (Å²) >= 11 is 0. The van der Waals surface area contributed by atoms with E-state index in [0.717, 1.165) is 6.42 Å². The van der Waals surface area contributed by atoms with E-state index in [1.807, 2.05) is 6.92 Å². The summed E-state index contributed by atoms with van der Waals surface area (Å²) in [5.74, 6) is 0. The maximum Gasteiger partial charge on any atom is 0.0225 e. The Kier molecular flexibility index (Phi) is 2.74. The zero-order chi connectivity index (χ0) is 10.8. The highest BCUT2D eigenvalue weighted by Crippen LogP contribution is 2.21. The van der Waals surface area contributed by atoms with Crippen LogP contribution in [0.15, 0.2) is 36.4 Å². The van der Waals surface area contributed by atoms with Crippen molar-refractivity contribution in [1.29, 1.82) is 0 Å². The molecule has 0 aliphatic carbocycles. The molecule has 0 spiro atoms. The molecule has 0 heterocycles. The summed E-state index contributed by atoms with van der Waals surface area (Å²) in [6.07, 6.45) is 0.839. The van der Waals surface area contributed by atoms with E-state index in [-0.39, 0.29) is 6.04 Å². The minimum Gasteiger partial charge on any atom is -0.254 e. The Morgan fingerprint density at radius 1 is 1.20 bits per heavy atom. The predicted molar refractivity (Wildman–Crippen MR) is 64.9 cm³/mol. The standard InChI is InChI=1S/C14H16N/c1-10-7-12(8-11(2)15)9-13-5-3-4-6-14(10)13/h3-7,9,11,15H,8H2,1-2H3. The van der Waals surface area contributed by atoms with Crippen LogP contribution in [0.4, 0.5) is 0 Å². The molecule has 77 valence electrons. The van der Waals surface area contributed by atoms with Gasteiger partial charge >= 0.3 is 0 Å². The first-order chi connectivity index (χ1) is 7.16. The number of hydrogen-bond donors (Lipinski definition) is 0. The summed E-state index contributed by atoms with van der Waals surface area (Å²) in [6.45, 7) is 4.07. The lowest BCUT2D eigenvalue weighted by molar-refractivity contribution is 0.715. The van der Waals surface area contributed by atoms with Gasteiger partial charge in [-0.15, -0.1) is 0 Å². The SMILES string of the molecule is Cc1cc(CC(C)[NH])cc2ccccc12. The topological polar surface area (TPSA) is 23.8 Å². The van der Waals surface area contributed by atoms with Gasteiger partial charge in [-0.25, -0.2) is 0 Å². The van der Waals surface area contributed by atoms with Crippen molar-refractivity contribution in [3.63, 3.8) is 0 Å². The average molecular weight is 198 g/mol. The van der Waals surface area contributed by atoms with E-state index in [1.54, 1.807) is 0 Å². The molecule has 0 saturated heterocycles. The molecule has 2 aromatic carbocycles. The van der Waals surface area contributed by atoms with Crippen LogP contribution in [-0.4, -0.2) is 6.04 Å². The Hall–Kier alpha value is -1.34. The smallest absolute Gasteiger partial charge is 0.0225 e. The van der Waals surface area contributed by atoms with Gasteiger partial charge < -0.3 is 0 Å². The van der Waals surface area contributed by atoms with Crippen LogP contribution in [0.3, 0.4) is 0 Å². The zero-order valence-corrected chi connectivity index (χ0v) is 9.25. The second-order valence-corrected chi connectivity index (χ2v) is 4.24. The number of benzene rings is 2. The van der Waals surface area contributed by atoms with Gasteiger partial charge in [0.25, 0.3) is 0 Å². The van der Waals surface area contributed by atoms with E-state index in [9.17, 15) is 0 Å². The Balaban J connectivity index is 2.52. The minimum absolute atomic E-state index is 0.0226. The van der Waals surface area contributed by atoms with Crippen molar-refractivity contribution < 1.29 is 0 Å². The van der Waals surface area contributed by atoms with Gasteiger partial charge in [-0.2, -0.15) is 0 Å². The lowest BCUT2D eigenvalue weighted by Gasteiger charge is -2.08. The molecule has 1 radical (unpaired) electrons. The first-order valence-electron chi connectivity index (χ1n) is 5.36. The Labute approximate surface area is 90.9 Å². The maximum absolute atomic E-state index is 7.59. The fourth-order valence-electron chi connectivity index (χ4n) is 2.05. The fourth-order valence-corrected chi connectivity index (χ4v) is 2.05. The number of rotatable bonds is 2. The Morgan fingerprint density at radius 3 is 2.67 bits per heavy atom.